The summed E-state index contributed by atoms with van der Waals surface area (Å²) in [5, 5.41) is 0. The van der Waals surface area contributed by atoms with Gasteiger partial charge in [0.15, 0.2) is 0 Å². The van der Waals surface area contributed by atoms with Crippen molar-refractivity contribution in [3.63, 3.8) is 0 Å². The first-order valence-electron chi connectivity index (χ1n) is 9.79. The van der Waals surface area contributed by atoms with Gasteiger partial charge in [-0.15, -0.1) is 0 Å². The lowest BCUT2D eigenvalue weighted by atomic mass is 9.72. The number of piperidine rings is 1. The highest BCUT2D eigenvalue weighted by Crippen LogP contribution is 2.41. The molecule has 1 aromatic heterocycles. The van der Waals surface area contributed by atoms with E-state index in [-0.39, 0.29) is 23.3 Å². The first kappa shape index (κ1) is 17.7. The summed E-state index contributed by atoms with van der Waals surface area (Å²) in [5.74, 6) is 1.03. The molecule has 142 valence electrons. The van der Waals surface area contributed by atoms with E-state index in [1.165, 1.54) is 0 Å². The van der Waals surface area contributed by atoms with Crippen LogP contribution < -0.4 is 4.74 Å². The third kappa shape index (κ3) is 3.71. The van der Waals surface area contributed by atoms with Crippen molar-refractivity contribution in [3.05, 3.63) is 24.4 Å². The van der Waals surface area contributed by atoms with Crippen LogP contribution in [-0.2, 0) is 14.3 Å². The van der Waals surface area contributed by atoms with Gasteiger partial charge in [-0.25, -0.2) is 4.98 Å². The van der Waals surface area contributed by atoms with Crippen molar-refractivity contribution in [1.29, 1.82) is 0 Å². The average Bonchev–Trinajstić information content (AvgIpc) is 2.73. The van der Waals surface area contributed by atoms with Crippen LogP contribution in [0.4, 0.5) is 0 Å². The molecule has 0 aromatic carbocycles. The Labute approximate surface area is 154 Å². The Hall–Kier alpha value is -1.66. The Morgan fingerprint density at radius 1 is 1.27 bits per heavy atom. The zero-order chi connectivity index (χ0) is 17.8. The van der Waals surface area contributed by atoms with E-state index in [0.717, 1.165) is 51.8 Å². The van der Waals surface area contributed by atoms with Gasteiger partial charge >= 0.3 is 0 Å². The number of rotatable bonds is 4. The van der Waals surface area contributed by atoms with Gasteiger partial charge in [0.2, 0.25) is 11.8 Å². The second kappa shape index (κ2) is 7.92. The number of ether oxygens (including phenoxy) is 3. The average molecular weight is 360 g/mol. The minimum absolute atomic E-state index is 0.110. The number of hydrogen-bond acceptors (Lipinski definition) is 5. The molecule has 3 saturated heterocycles. The van der Waals surface area contributed by atoms with Crippen molar-refractivity contribution in [2.75, 3.05) is 39.5 Å². The number of likely N-dealkylation sites (tertiary alicyclic amines) is 1. The van der Waals surface area contributed by atoms with Gasteiger partial charge in [-0.1, -0.05) is 6.07 Å². The number of hydrogen-bond donors (Lipinski definition) is 0. The van der Waals surface area contributed by atoms with E-state index in [1.54, 1.807) is 6.20 Å². The van der Waals surface area contributed by atoms with Gasteiger partial charge in [-0.05, 0) is 38.2 Å². The fourth-order valence-corrected chi connectivity index (χ4v) is 4.54. The van der Waals surface area contributed by atoms with E-state index in [1.807, 2.05) is 18.2 Å². The molecule has 0 saturated carbocycles. The quantitative estimate of drug-likeness (QED) is 0.824. The third-order valence-corrected chi connectivity index (χ3v) is 6.02. The Kier molecular flexibility index (Phi) is 5.41. The highest BCUT2D eigenvalue weighted by atomic mass is 16.5. The van der Waals surface area contributed by atoms with Crippen molar-refractivity contribution >= 4 is 5.91 Å². The van der Waals surface area contributed by atoms with E-state index < -0.39 is 0 Å². The molecule has 6 nitrogen and oxygen atoms in total. The number of carbonyl (C=O) groups excluding carboxylic acids is 1. The predicted molar refractivity (Wildman–Crippen MR) is 95.9 cm³/mol. The van der Waals surface area contributed by atoms with Gasteiger partial charge in [0.05, 0.1) is 12.7 Å². The summed E-state index contributed by atoms with van der Waals surface area (Å²) >= 11 is 0. The summed E-state index contributed by atoms with van der Waals surface area (Å²) in [6.07, 6.45) is 6.52. The van der Waals surface area contributed by atoms with Crippen LogP contribution in [0.2, 0.25) is 0 Å². The fraction of sp³-hybridized carbons (Fsp3) is 0.700. The van der Waals surface area contributed by atoms with Gasteiger partial charge in [0.1, 0.15) is 0 Å². The molecule has 0 aliphatic carbocycles. The maximum Gasteiger partial charge on any atom is 0.225 e. The molecule has 0 spiro atoms. The first-order valence-corrected chi connectivity index (χ1v) is 9.79. The van der Waals surface area contributed by atoms with Crippen LogP contribution in [0.15, 0.2) is 24.4 Å². The highest BCUT2D eigenvalue weighted by molar-refractivity contribution is 5.79. The summed E-state index contributed by atoms with van der Waals surface area (Å²) in [4.78, 5) is 19.3. The molecule has 2 atom stereocenters. The van der Waals surface area contributed by atoms with E-state index >= 15 is 0 Å². The van der Waals surface area contributed by atoms with Crippen molar-refractivity contribution in [2.45, 2.75) is 38.2 Å². The molecule has 4 rings (SSSR count). The van der Waals surface area contributed by atoms with Crippen LogP contribution in [0.3, 0.4) is 0 Å². The molecule has 3 fully saturated rings. The van der Waals surface area contributed by atoms with Crippen LogP contribution in [0.1, 0.15) is 32.1 Å². The lowest BCUT2D eigenvalue weighted by Gasteiger charge is -2.50. The van der Waals surface area contributed by atoms with Crippen molar-refractivity contribution in [2.24, 2.45) is 11.3 Å². The number of amides is 1. The largest absolute Gasteiger partial charge is 0.477 e. The third-order valence-electron chi connectivity index (χ3n) is 6.02. The van der Waals surface area contributed by atoms with Gasteiger partial charge in [-0.2, -0.15) is 0 Å². The number of nitrogens with zero attached hydrogens (tertiary/aromatic N) is 2. The normalized spacial score (nSPS) is 29.8. The summed E-state index contributed by atoms with van der Waals surface area (Å²) in [6, 6.07) is 5.69. The van der Waals surface area contributed by atoms with E-state index in [0.29, 0.717) is 25.7 Å². The summed E-state index contributed by atoms with van der Waals surface area (Å²) in [6.45, 7) is 4.26. The number of fused-ring (bicyclic) bond motifs is 1. The lowest BCUT2D eigenvalue weighted by Crippen LogP contribution is -2.59. The zero-order valence-corrected chi connectivity index (χ0v) is 15.3. The maximum absolute atomic E-state index is 13.0. The van der Waals surface area contributed by atoms with Gasteiger partial charge in [-0.3, -0.25) is 4.79 Å². The Morgan fingerprint density at radius 2 is 2.15 bits per heavy atom. The molecule has 3 aliphatic rings. The summed E-state index contributed by atoms with van der Waals surface area (Å²) in [7, 11) is 0. The molecule has 0 unspecified atom stereocenters. The topological polar surface area (TPSA) is 60.9 Å². The molecule has 26 heavy (non-hydrogen) atoms. The number of pyridine rings is 1. The monoisotopic (exact) mass is 360 g/mol. The molecule has 0 N–H and O–H groups in total. The van der Waals surface area contributed by atoms with Crippen molar-refractivity contribution in [3.8, 4) is 5.88 Å². The molecule has 0 bridgehead atoms. The molecular formula is C20H28N2O4. The van der Waals surface area contributed by atoms with Crippen molar-refractivity contribution in [1.82, 2.24) is 9.88 Å². The van der Waals surface area contributed by atoms with Crippen LogP contribution in [0.5, 0.6) is 5.88 Å². The maximum atomic E-state index is 13.0. The molecular weight excluding hydrogens is 332 g/mol. The SMILES string of the molecule is O=C(C1CCOCC1)N1CC[C@@H]2OCCC[C@@]2(COc2ccccn2)C1. The molecule has 3 aliphatic heterocycles. The summed E-state index contributed by atoms with van der Waals surface area (Å²) in [5.41, 5.74) is -0.130. The lowest BCUT2D eigenvalue weighted by molar-refractivity contribution is -0.162. The Morgan fingerprint density at radius 3 is 2.96 bits per heavy atom. The summed E-state index contributed by atoms with van der Waals surface area (Å²) < 4.78 is 17.5. The highest BCUT2D eigenvalue weighted by Gasteiger charge is 2.48. The van der Waals surface area contributed by atoms with E-state index in [2.05, 4.69) is 9.88 Å². The van der Waals surface area contributed by atoms with Crippen molar-refractivity contribution < 1.29 is 19.0 Å². The zero-order valence-electron chi connectivity index (χ0n) is 15.3. The van der Waals surface area contributed by atoms with Crippen LogP contribution in [0.25, 0.3) is 0 Å². The second-order valence-corrected chi connectivity index (χ2v) is 7.72. The predicted octanol–water partition coefficient (Wildman–Crippen LogP) is 2.28. The minimum Gasteiger partial charge on any atom is -0.477 e. The van der Waals surface area contributed by atoms with Gasteiger partial charge in [0.25, 0.3) is 0 Å². The first-order chi connectivity index (χ1) is 12.8. The molecule has 0 radical (unpaired) electrons. The molecule has 6 heteroatoms. The minimum atomic E-state index is -0.130. The Bertz CT molecular complexity index is 605. The number of carbonyl (C=O) groups is 1. The number of aromatic nitrogens is 1. The van der Waals surface area contributed by atoms with Crippen LogP contribution in [-0.4, -0.2) is 61.4 Å². The molecule has 4 heterocycles. The second-order valence-electron chi connectivity index (χ2n) is 7.72. The van der Waals surface area contributed by atoms with E-state index in [9.17, 15) is 4.79 Å². The van der Waals surface area contributed by atoms with Crippen LogP contribution >= 0.6 is 0 Å². The standard InChI is InChI=1S/C20H28N2O4/c23-19(16-6-12-24-13-7-16)22-10-5-17-20(14-22,8-3-11-25-17)15-26-18-4-1-2-9-21-18/h1-2,4,9,16-17H,3,5-8,10-15H2/t17-,20-/m0/s1. The Balaban J connectivity index is 1.46. The van der Waals surface area contributed by atoms with Crippen LogP contribution in [0, 0.1) is 11.3 Å². The van der Waals surface area contributed by atoms with E-state index in [4.69, 9.17) is 14.2 Å². The van der Waals surface area contributed by atoms with Gasteiger partial charge < -0.3 is 19.1 Å². The molecule has 1 amide bonds. The molecule has 1 aromatic rings. The smallest absolute Gasteiger partial charge is 0.225 e. The fourth-order valence-electron chi connectivity index (χ4n) is 4.54. The van der Waals surface area contributed by atoms with Gasteiger partial charge in [0, 0.05) is 56.5 Å².